The number of rotatable bonds is 4. The third kappa shape index (κ3) is 2.48. The maximum Gasteiger partial charge on any atom is 0.236 e. The second-order valence-corrected chi connectivity index (χ2v) is 5.36. The minimum atomic E-state index is 0.0264. The van der Waals surface area contributed by atoms with Crippen LogP contribution in [0.15, 0.2) is 22.8 Å². The van der Waals surface area contributed by atoms with Crippen LogP contribution in [-0.2, 0) is 11.2 Å². The Balaban J connectivity index is 1.84. The molecule has 1 aliphatic rings. The third-order valence-electron chi connectivity index (χ3n) is 3.10. The summed E-state index contributed by atoms with van der Waals surface area (Å²) in [6.45, 7) is 2.97. The molecule has 1 saturated heterocycles. The van der Waals surface area contributed by atoms with Crippen LogP contribution >= 0.6 is 15.9 Å². The molecule has 88 valence electrons. The van der Waals surface area contributed by atoms with E-state index in [1.165, 1.54) is 0 Å². The van der Waals surface area contributed by atoms with Gasteiger partial charge in [-0.2, -0.15) is 0 Å². The minimum Gasteiger partial charge on any atom is -0.469 e. The predicted molar refractivity (Wildman–Crippen MR) is 65.5 cm³/mol. The van der Waals surface area contributed by atoms with Crippen LogP contribution in [0.25, 0.3) is 0 Å². The molecule has 2 rings (SSSR count). The zero-order valence-electron chi connectivity index (χ0n) is 9.36. The summed E-state index contributed by atoms with van der Waals surface area (Å²) in [4.78, 5) is 13.8. The lowest BCUT2D eigenvalue weighted by Crippen LogP contribution is -2.36. The average Bonchev–Trinajstić information content (AvgIpc) is 2.88. The number of carbonyl (C=O) groups is 1. The second kappa shape index (κ2) is 5.04. The Morgan fingerprint density at radius 2 is 2.50 bits per heavy atom. The molecule has 1 aromatic heterocycles. The van der Waals surface area contributed by atoms with Crippen molar-refractivity contribution < 1.29 is 9.21 Å². The number of halogens is 1. The second-order valence-electron chi connectivity index (χ2n) is 4.25. The Hall–Kier alpha value is -0.770. The molecule has 1 amide bonds. The van der Waals surface area contributed by atoms with Gasteiger partial charge in [-0.05, 0) is 31.9 Å². The summed E-state index contributed by atoms with van der Waals surface area (Å²) in [5, 5.41) is 0. The normalized spacial score (nSPS) is 22.8. The van der Waals surface area contributed by atoms with E-state index in [1.54, 1.807) is 6.26 Å². The molecule has 0 spiro atoms. The number of hydrogen-bond donors (Lipinski definition) is 0. The average molecular weight is 286 g/mol. The number of carbonyl (C=O) groups excluding carboxylic acids is 1. The van der Waals surface area contributed by atoms with E-state index in [4.69, 9.17) is 4.42 Å². The van der Waals surface area contributed by atoms with Gasteiger partial charge in [-0.25, -0.2) is 0 Å². The summed E-state index contributed by atoms with van der Waals surface area (Å²) in [5.41, 5.74) is 0. The first kappa shape index (κ1) is 11.7. The van der Waals surface area contributed by atoms with Gasteiger partial charge >= 0.3 is 0 Å². The number of alkyl halides is 1. The van der Waals surface area contributed by atoms with E-state index in [1.807, 2.05) is 17.0 Å². The van der Waals surface area contributed by atoms with Gasteiger partial charge in [-0.1, -0.05) is 15.9 Å². The van der Waals surface area contributed by atoms with Crippen LogP contribution in [0.2, 0.25) is 0 Å². The van der Waals surface area contributed by atoms with E-state index < -0.39 is 0 Å². The number of hydrogen-bond acceptors (Lipinski definition) is 2. The zero-order valence-corrected chi connectivity index (χ0v) is 10.9. The topological polar surface area (TPSA) is 33.5 Å². The molecule has 0 radical (unpaired) electrons. The Bertz CT molecular complexity index is 350. The molecule has 3 nitrogen and oxygen atoms in total. The first-order valence-electron chi connectivity index (χ1n) is 5.65. The Labute approximate surface area is 104 Å². The molecule has 1 fully saturated rings. The molecule has 0 bridgehead atoms. The van der Waals surface area contributed by atoms with Crippen molar-refractivity contribution >= 4 is 21.8 Å². The highest BCUT2D eigenvalue weighted by atomic mass is 79.9. The van der Waals surface area contributed by atoms with Crippen LogP contribution in [-0.4, -0.2) is 28.2 Å². The van der Waals surface area contributed by atoms with E-state index in [2.05, 4.69) is 22.9 Å². The molecule has 2 heterocycles. The molecular weight excluding hydrogens is 270 g/mol. The number of furan rings is 1. The molecule has 0 N–H and O–H groups in total. The van der Waals surface area contributed by atoms with Gasteiger partial charge in [0.05, 0.1) is 11.1 Å². The molecule has 0 aliphatic carbocycles. The third-order valence-corrected chi connectivity index (χ3v) is 3.94. The van der Waals surface area contributed by atoms with Gasteiger partial charge in [0.15, 0.2) is 0 Å². The fraction of sp³-hybridized carbons (Fsp3) is 0.583. The van der Waals surface area contributed by atoms with Crippen molar-refractivity contribution in [1.29, 1.82) is 0 Å². The first-order chi connectivity index (χ1) is 7.68. The molecule has 2 unspecified atom stereocenters. The van der Waals surface area contributed by atoms with Gasteiger partial charge in [-0.3, -0.25) is 4.79 Å². The van der Waals surface area contributed by atoms with Crippen molar-refractivity contribution in [2.75, 3.05) is 6.54 Å². The van der Waals surface area contributed by atoms with Crippen molar-refractivity contribution in [2.24, 2.45) is 0 Å². The Kier molecular flexibility index (Phi) is 3.69. The molecule has 1 aliphatic heterocycles. The summed E-state index contributed by atoms with van der Waals surface area (Å²) in [5.74, 6) is 1.22. The molecule has 16 heavy (non-hydrogen) atoms. The van der Waals surface area contributed by atoms with Gasteiger partial charge in [0.25, 0.3) is 0 Å². The molecular formula is C12H16BrNO2. The van der Waals surface area contributed by atoms with Gasteiger partial charge in [0, 0.05) is 19.0 Å². The summed E-state index contributed by atoms with van der Waals surface area (Å²) in [6, 6.07) is 4.17. The maximum absolute atomic E-state index is 11.8. The monoisotopic (exact) mass is 285 g/mol. The largest absolute Gasteiger partial charge is 0.469 e. The number of amides is 1. The van der Waals surface area contributed by atoms with E-state index >= 15 is 0 Å². The van der Waals surface area contributed by atoms with Gasteiger partial charge < -0.3 is 9.32 Å². The van der Waals surface area contributed by atoms with Crippen molar-refractivity contribution in [1.82, 2.24) is 4.90 Å². The standard InChI is InChI=1S/C12H16BrNO2/c1-9(4-5-10-3-2-8-16-10)14-7-6-11(13)12(14)15/h2-3,8-9,11H,4-7H2,1H3. The van der Waals surface area contributed by atoms with Gasteiger partial charge in [-0.15, -0.1) is 0 Å². The first-order valence-corrected chi connectivity index (χ1v) is 6.57. The van der Waals surface area contributed by atoms with Gasteiger partial charge in [0.2, 0.25) is 5.91 Å². The highest BCUT2D eigenvalue weighted by Crippen LogP contribution is 2.22. The van der Waals surface area contributed by atoms with E-state index in [9.17, 15) is 4.79 Å². The fourth-order valence-corrected chi connectivity index (χ4v) is 2.53. The van der Waals surface area contributed by atoms with Crippen LogP contribution in [0.5, 0.6) is 0 Å². The van der Waals surface area contributed by atoms with Crippen LogP contribution in [0.3, 0.4) is 0 Å². The number of nitrogens with zero attached hydrogens (tertiary/aromatic N) is 1. The Morgan fingerprint density at radius 3 is 3.06 bits per heavy atom. The molecule has 2 atom stereocenters. The van der Waals surface area contributed by atoms with E-state index in [-0.39, 0.29) is 10.7 Å². The number of likely N-dealkylation sites (tertiary alicyclic amines) is 1. The van der Waals surface area contributed by atoms with Crippen molar-refractivity contribution in [3.63, 3.8) is 0 Å². The molecule has 0 saturated carbocycles. The number of aryl methyl sites for hydroxylation is 1. The van der Waals surface area contributed by atoms with Crippen LogP contribution in [0.1, 0.15) is 25.5 Å². The SMILES string of the molecule is CC(CCc1ccco1)N1CCC(Br)C1=O. The molecule has 4 heteroatoms. The van der Waals surface area contributed by atoms with Crippen molar-refractivity contribution in [2.45, 2.75) is 37.1 Å². The van der Waals surface area contributed by atoms with Crippen LogP contribution < -0.4 is 0 Å². The quantitative estimate of drug-likeness (QED) is 0.797. The molecule has 1 aromatic rings. The fourth-order valence-electron chi connectivity index (χ4n) is 2.07. The van der Waals surface area contributed by atoms with Gasteiger partial charge in [0.1, 0.15) is 5.76 Å². The smallest absolute Gasteiger partial charge is 0.236 e. The summed E-state index contributed by atoms with van der Waals surface area (Å²) >= 11 is 3.39. The lowest BCUT2D eigenvalue weighted by molar-refractivity contribution is -0.128. The highest BCUT2D eigenvalue weighted by molar-refractivity contribution is 9.10. The predicted octanol–water partition coefficient (Wildman–Crippen LogP) is 2.60. The van der Waals surface area contributed by atoms with Crippen molar-refractivity contribution in [3.05, 3.63) is 24.2 Å². The maximum atomic E-state index is 11.8. The Morgan fingerprint density at radius 1 is 1.69 bits per heavy atom. The van der Waals surface area contributed by atoms with Crippen LogP contribution in [0, 0.1) is 0 Å². The van der Waals surface area contributed by atoms with E-state index in [0.717, 1.165) is 31.6 Å². The lowest BCUT2D eigenvalue weighted by Gasteiger charge is -2.24. The minimum absolute atomic E-state index is 0.0264. The van der Waals surface area contributed by atoms with Crippen molar-refractivity contribution in [3.8, 4) is 0 Å². The summed E-state index contributed by atoms with van der Waals surface area (Å²) < 4.78 is 5.28. The van der Waals surface area contributed by atoms with Crippen LogP contribution in [0.4, 0.5) is 0 Å². The zero-order chi connectivity index (χ0) is 11.5. The summed E-state index contributed by atoms with van der Waals surface area (Å²) in [6.07, 6.45) is 4.46. The highest BCUT2D eigenvalue weighted by Gasteiger charge is 2.32. The van der Waals surface area contributed by atoms with E-state index in [0.29, 0.717) is 6.04 Å². The lowest BCUT2D eigenvalue weighted by atomic mass is 10.1. The summed E-state index contributed by atoms with van der Waals surface area (Å²) in [7, 11) is 0. The molecule has 0 aromatic carbocycles.